The Balaban J connectivity index is 2.18. The van der Waals surface area contributed by atoms with Crippen LogP contribution in [-0.4, -0.2) is 12.2 Å². The molecular formula is C15H14BrClO3. The fraction of sp³-hybridized carbons (Fsp3) is 0.200. The van der Waals surface area contributed by atoms with Crippen LogP contribution < -0.4 is 9.47 Å². The molecule has 0 aliphatic rings. The zero-order valence-electron chi connectivity index (χ0n) is 10.9. The molecule has 0 saturated carbocycles. The van der Waals surface area contributed by atoms with Gasteiger partial charge in [0.2, 0.25) is 0 Å². The van der Waals surface area contributed by atoms with Crippen molar-refractivity contribution in [3.05, 3.63) is 57.0 Å². The summed E-state index contributed by atoms with van der Waals surface area (Å²) in [7, 11) is 1.54. The summed E-state index contributed by atoms with van der Waals surface area (Å²) in [5.74, 6) is 0.993. The topological polar surface area (TPSA) is 38.7 Å². The molecule has 2 aromatic rings. The lowest BCUT2D eigenvalue weighted by atomic mass is 10.2. The van der Waals surface area contributed by atoms with E-state index in [2.05, 4.69) is 15.9 Å². The number of ether oxygens (including phenoxy) is 2. The van der Waals surface area contributed by atoms with Gasteiger partial charge in [-0.25, -0.2) is 0 Å². The monoisotopic (exact) mass is 356 g/mol. The molecule has 20 heavy (non-hydrogen) atoms. The molecule has 2 aromatic carbocycles. The molecule has 0 heterocycles. The molecule has 0 saturated heterocycles. The average molecular weight is 358 g/mol. The van der Waals surface area contributed by atoms with Gasteiger partial charge in [0.25, 0.3) is 0 Å². The SMILES string of the molecule is COc1cc(CO)cc(Cl)c1OCc1ccc(Br)cc1. The highest BCUT2D eigenvalue weighted by Gasteiger charge is 2.12. The van der Waals surface area contributed by atoms with E-state index in [4.69, 9.17) is 26.2 Å². The van der Waals surface area contributed by atoms with Crippen LogP contribution in [0.4, 0.5) is 0 Å². The van der Waals surface area contributed by atoms with Gasteiger partial charge in [0, 0.05) is 4.47 Å². The summed E-state index contributed by atoms with van der Waals surface area (Å²) in [5.41, 5.74) is 1.71. The first kappa shape index (κ1) is 15.2. The first-order chi connectivity index (χ1) is 9.63. The summed E-state index contributed by atoms with van der Waals surface area (Å²) in [4.78, 5) is 0. The summed E-state index contributed by atoms with van der Waals surface area (Å²) < 4.78 is 12.0. The van der Waals surface area contributed by atoms with Gasteiger partial charge in [0.15, 0.2) is 11.5 Å². The van der Waals surface area contributed by atoms with Gasteiger partial charge in [-0.3, -0.25) is 0 Å². The van der Waals surface area contributed by atoms with Crippen molar-refractivity contribution in [3.63, 3.8) is 0 Å². The highest BCUT2D eigenvalue weighted by atomic mass is 79.9. The van der Waals surface area contributed by atoms with E-state index >= 15 is 0 Å². The Labute approximate surface area is 131 Å². The van der Waals surface area contributed by atoms with Crippen LogP contribution in [0.2, 0.25) is 5.02 Å². The third-order valence-electron chi connectivity index (χ3n) is 2.77. The zero-order valence-corrected chi connectivity index (χ0v) is 13.2. The molecule has 0 aliphatic heterocycles. The minimum atomic E-state index is -0.0942. The van der Waals surface area contributed by atoms with E-state index in [0.29, 0.717) is 28.7 Å². The van der Waals surface area contributed by atoms with Gasteiger partial charge in [-0.05, 0) is 35.4 Å². The second-order valence-electron chi connectivity index (χ2n) is 4.18. The number of rotatable bonds is 5. The van der Waals surface area contributed by atoms with Crippen molar-refractivity contribution in [2.24, 2.45) is 0 Å². The molecule has 0 amide bonds. The van der Waals surface area contributed by atoms with Crippen molar-refractivity contribution >= 4 is 27.5 Å². The molecule has 0 spiro atoms. The Kier molecular flexibility index (Phi) is 5.29. The molecule has 0 unspecified atom stereocenters. The third kappa shape index (κ3) is 3.66. The van der Waals surface area contributed by atoms with E-state index in [-0.39, 0.29) is 6.61 Å². The molecule has 0 aromatic heterocycles. The van der Waals surface area contributed by atoms with Gasteiger partial charge in [-0.1, -0.05) is 39.7 Å². The highest BCUT2D eigenvalue weighted by molar-refractivity contribution is 9.10. The van der Waals surface area contributed by atoms with Crippen LogP contribution in [0.25, 0.3) is 0 Å². The smallest absolute Gasteiger partial charge is 0.180 e. The molecule has 0 atom stereocenters. The van der Waals surface area contributed by atoms with Gasteiger partial charge in [0.05, 0.1) is 18.7 Å². The van der Waals surface area contributed by atoms with Crippen LogP contribution in [0.1, 0.15) is 11.1 Å². The lowest BCUT2D eigenvalue weighted by Gasteiger charge is -2.13. The Hall–Kier alpha value is -1.23. The molecule has 5 heteroatoms. The summed E-state index contributed by atoms with van der Waals surface area (Å²) in [6.45, 7) is 0.297. The Morgan fingerprint density at radius 2 is 1.85 bits per heavy atom. The van der Waals surface area contributed by atoms with E-state index < -0.39 is 0 Å². The van der Waals surface area contributed by atoms with Gasteiger partial charge in [-0.15, -0.1) is 0 Å². The fourth-order valence-electron chi connectivity index (χ4n) is 1.74. The number of hydrogen-bond donors (Lipinski definition) is 1. The maximum Gasteiger partial charge on any atom is 0.180 e. The number of aliphatic hydroxyl groups excluding tert-OH is 1. The van der Waals surface area contributed by atoms with Crippen LogP contribution in [-0.2, 0) is 13.2 Å². The third-order valence-corrected chi connectivity index (χ3v) is 3.58. The molecule has 0 radical (unpaired) electrons. The van der Waals surface area contributed by atoms with Crippen molar-refractivity contribution in [1.29, 1.82) is 0 Å². The van der Waals surface area contributed by atoms with E-state index in [9.17, 15) is 0 Å². The number of methoxy groups -OCH3 is 1. The second kappa shape index (κ2) is 6.97. The maximum atomic E-state index is 9.15. The summed E-state index contributed by atoms with van der Waals surface area (Å²) >= 11 is 9.55. The first-order valence-electron chi connectivity index (χ1n) is 5.98. The van der Waals surface area contributed by atoms with Crippen LogP contribution in [0.5, 0.6) is 11.5 Å². The Bertz CT molecular complexity index is 584. The first-order valence-corrected chi connectivity index (χ1v) is 7.15. The van der Waals surface area contributed by atoms with Crippen LogP contribution in [0.3, 0.4) is 0 Å². The number of benzene rings is 2. The van der Waals surface area contributed by atoms with Gasteiger partial charge < -0.3 is 14.6 Å². The van der Waals surface area contributed by atoms with Crippen molar-refractivity contribution in [3.8, 4) is 11.5 Å². The largest absolute Gasteiger partial charge is 0.493 e. The molecular weight excluding hydrogens is 344 g/mol. The Morgan fingerprint density at radius 1 is 1.15 bits per heavy atom. The molecule has 1 N–H and O–H groups in total. The fourth-order valence-corrected chi connectivity index (χ4v) is 2.29. The van der Waals surface area contributed by atoms with Crippen molar-refractivity contribution in [1.82, 2.24) is 0 Å². The maximum absolute atomic E-state index is 9.15. The van der Waals surface area contributed by atoms with Crippen LogP contribution in [0.15, 0.2) is 40.9 Å². The molecule has 3 nitrogen and oxygen atoms in total. The van der Waals surface area contributed by atoms with Crippen molar-refractivity contribution in [2.75, 3.05) is 7.11 Å². The van der Waals surface area contributed by atoms with E-state index in [0.717, 1.165) is 10.0 Å². The number of aliphatic hydroxyl groups is 1. The minimum Gasteiger partial charge on any atom is -0.493 e. The summed E-state index contributed by atoms with van der Waals surface area (Å²) in [6, 6.07) is 11.2. The predicted molar refractivity (Wildman–Crippen MR) is 82.4 cm³/mol. The number of halogens is 2. The van der Waals surface area contributed by atoms with Crippen molar-refractivity contribution < 1.29 is 14.6 Å². The van der Waals surface area contributed by atoms with E-state index in [1.807, 2.05) is 24.3 Å². The lowest BCUT2D eigenvalue weighted by molar-refractivity contribution is 0.274. The molecule has 0 bridgehead atoms. The molecule has 0 aliphatic carbocycles. The summed E-state index contributed by atoms with van der Waals surface area (Å²) in [6.07, 6.45) is 0. The Morgan fingerprint density at radius 3 is 2.45 bits per heavy atom. The average Bonchev–Trinajstić information content (AvgIpc) is 2.47. The van der Waals surface area contributed by atoms with Crippen LogP contribution in [0, 0.1) is 0 Å². The van der Waals surface area contributed by atoms with E-state index in [1.54, 1.807) is 19.2 Å². The zero-order chi connectivity index (χ0) is 14.5. The normalized spacial score (nSPS) is 10.4. The molecule has 2 rings (SSSR count). The van der Waals surface area contributed by atoms with Gasteiger partial charge >= 0.3 is 0 Å². The molecule has 0 fully saturated rings. The van der Waals surface area contributed by atoms with Crippen LogP contribution >= 0.6 is 27.5 Å². The molecule has 106 valence electrons. The standard InChI is InChI=1S/C15H14BrClO3/c1-19-14-7-11(8-18)6-13(17)15(14)20-9-10-2-4-12(16)5-3-10/h2-7,18H,8-9H2,1H3. The highest BCUT2D eigenvalue weighted by Crippen LogP contribution is 2.37. The number of hydrogen-bond acceptors (Lipinski definition) is 3. The minimum absolute atomic E-state index is 0.0942. The quantitative estimate of drug-likeness (QED) is 0.872. The van der Waals surface area contributed by atoms with Gasteiger partial charge in [-0.2, -0.15) is 0 Å². The van der Waals surface area contributed by atoms with Gasteiger partial charge in [0.1, 0.15) is 6.61 Å². The van der Waals surface area contributed by atoms with Crippen molar-refractivity contribution in [2.45, 2.75) is 13.2 Å². The second-order valence-corrected chi connectivity index (χ2v) is 5.51. The lowest BCUT2D eigenvalue weighted by Crippen LogP contribution is -1.99. The van der Waals surface area contributed by atoms with E-state index in [1.165, 1.54) is 0 Å². The summed E-state index contributed by atoms with van der Waals surface area (Å²) in [5, 5.41) is 9.57. The predicted octanol–water partition coefficient (Wildman–Crippen LogP) is 4.18.